The molecule has 0 bridgehead atoms. The molecule has 1 unspecified atom stereocenters. The summed E-state index contributed by atoms with van der Waals surface area (Å²) in [5, 5.41) is 7.57. The van der Waals surface area contributed by atoms with Gasteiger partial charge in [-0.3, -0.25) is 10.1 Å². The lowest BCUT2D eigenvalue weighted by Gasteiger charge is -2.17. The van der Waals surface area contributed by atoms with E-state index in [0.29, 0.717) is 10.6 Å². The Kier molecular flexibility index (Phi) is 4.23. The van der Waals surface area contributed by atoms with Crippen LogP contribution in [0.1, 0.15) is 17.0 Å². The van der Waals surface area contributed by atoms with Gasteiger partial charge >= 0.3 is 6.18 Å². The molecule has 4 nitrogen and oxygen atoms in total. The number of nitrogens with zero attached hydrogens (tertiary/aromatic N) is 2. The minimum absolute atomic E-state index is 0.0974. The summed E-state index contributed by atoms with van der Waals surface area (Å²) in [5.74, 6) is -0.667. The number of nitrogens with one attached hydrogen (secondary N) is 1. The number of carbonyl (C=O) groups is 1. The molecule has 1 aliphatic carbocycles. The standard InChI is InChI=1S/C13H7Cl3F3N3OS/c14-7-3-1-2-6(4-7)11(5-12(11,15)16)8(23)20-10-22-21-9(24-10)13(17,18)19/h1-4H,5H2,(H,20,22,23). The summed E-state index contributed by atoms with van der Waals surface area (Å²) in [6, 6.07) is 6.40. The first-order chi connectivity index (χ1) is 11.1. The van der Waals surface area contributed by atoms with E-state index in [1.165, 1.54) is 6.07 Å². The van der Waals surface area contributed by atoms with Crippen molar-refractivity contribution in [1.29, 1.82) is 0 Å². The second-order valence-corrected chi connectivity index (χ2v) is 8.06. The molecule has 1 aromatic carbocycles. The average Bonchev–Trinajstić information content (AvgIpc) is 2.81. The van der Waals surface area contributed by atoms with E-state index in [4.69, 9.17) is 34.8 Å². The van der Waals surface area contributed by atoms with Gasteiger partial charge in [0.05, 0.1) is 0 Å². The van der Waals surface area contributed by atoms with Crippen LogP contribution in [0.15, 0.2) is 24.3 Å². The topological polar surface area (TPSA) is 54.9 Å². The van der Waals surface area contributed by atoms with Gasteiger partial charge < -0.3 is 0 Å². The number of amides is 1. The van der Waals surface area contributed by atoms with Gasteiger partial charge in [0, 0.05) is 11.4 Å². The average molecular weight is 417 g/mol. The van der Waals surface area contributed by atoms with Gasteiger partial charge in [0.1, 0.15) is 9.75 Å². The molecular weight excluding hydrogens is 410 g/mol. The summed E-state index contributed by atoms with van der Waals surface area (Å²) in [7, 11) is 0. The molecule has 11 heteroatoms. The maximum Gasteiger partial charge on any atom is 0.445 e. The van der Waals surface area contributed by atoms with Gasteiger partial charge in [-0.25, -0.2) is 0 Å². The Morgan fingerprint density at radius 1 is 1.29 bits per heavy atom. The monoisotopic (exact) mass is 415 g/mol. The van der Waals surface area contributed by atoms with Crippen molar-refractivity contribution >= 4 is 57.2 Å². The first kappa shape index (κ1) is 17.7. The third-order valence-electron chi connectivity index (χ3n) is 3.58. The molecule has 1 aromatic heterocycles. The van der Waals surface area contributed by atoms with Crippen LogP contribution in [0.3, 0.4) is 0 Å². The third-order valence-corrected chi connectivity index (χ3v) is 5.61. The molecule has 1 amide bonds. The van der Waals surface area contributed by atoms with Gasteiger partial charge in [-0.05, 0) is 17.7 Å². The second kappa shape index (κ2) is 5.72. The molecule has 0 spiro atoms. The summed E-state index contributed by atoms with van der Waals surface area (Å²) >= 11 is 18.4. The largest absolute Gasteiger partial charge is 0.445 e. The molecule has 2 aromatic rings. The fourth-order valence-corrected chi connectivity index (χ4v) is 3.91. The first-order valence-corrected chi connectivity index (χ1v) is 8.37. The first-order valence-electron chi connectivity index (χ1n) is 6.42. The van der Waals surface area contributed by atoms with Gasteiger partial charge in [-0.1, -0.05) is 35.1 Å². The minimum atomic E-state index is -4.63. The zero-order chi connectivity index (χ0) is 17.8. The summed E-state index contributed by atoms with van der Waals surface area (Å²) in [6.45, 7) is 0. The van der Waals surface area contributed by atoms with E-state index in [2.05, 4.69) is 15.5 Å². The fraction of sp³-hybridized carbons (Fsp3) is 0.308. The van der Waals surface area contributed by atoms with Crippen molar-refractivity contribution in [2.45, 2.75) is 22.3 Å². The highest BCUT2D eigenvalue weighted by Crippen LogP contribution is 2.65. The molecule has 1 heterocycles. The van der Waals surface area contributed by atoms with Crippen molar-refractivity contribution in [3.63, 3.8) is 0 Å². The summed E-state index contributed by atoms with van der Waals surface area (Å²) in [4.78, 5) is 12.6. The molecule has 0 aliphatic heterocycles. The zero-order valence-electron chi connectivity index (χ0n) is 11.5. The van der Waals surface area contributed by atoms with Crippen LogP contribution in [0.4, 0.5) is 18.3 Å². The molecular formula is C13H7Cl3F3N3OS. The van der Waals surface area contributed by atoms with Crippen LogP contribution in [0.25, 0.3) is 0 Å². The number of aromatic nitrogens is 2. The maximum absolute atomic E-state index is 12.6. The summed E-state index contributed by atoms with van der Waals surface area (Å²) in [5.41, 5.74) is -0.844. The fourth-order valence-electron chi connectivity index (χ4n) is 2.33. The Bertz CT molecular complexity index is 811. The molecule has 24 heavy (non-hydrogen) atoms. The number of hydrogen-bond acceptors (Lipinski definition) is 4. The maximum atomic E-state index is 12.6. The molecule has 0 saturated heterocycles. The van der Waals surface area contributed by atoms with Crippen LogP contribution in [-0.4, -0.2) is 20.4 Å². The molecule has 3 rings (SSSR count). The molecule has 1 aliphatic rings. The number of rotatable bonds is 3. The van der Waals surface area contributed by atoms with Gasteiger partial charge in [-0.15, -0.1) is 33.4 Å². The number of benzene rings is 1. The highest BCUT2D eigenvalue weighted by Gasteiger charge is 2.72. The molecule has 1 fully saturated rings. The third kappa shape index (κ3) is 2.96. The minimum Gasteiger partial charge on any atom is -0.300 e. The Balaban J connectivity index is 1.88. The van der Waals surface area contributed by atoms with Crippen LogP contribution < -0.4 is 5.32 Å². The molecule has 1 saturated carbocycles. The number of halogens is 6. The highest BCUT2D eigenvalue weighted by molar-refractivity contribution is 7.15. The van der Waals surface area contributed by atoms with Crippen molar-refractivity contribution in [3.8, 4) is 0 Å². The predicted molar refractivity (Wildman–Crippen MR) is 85.7 cm³/mol. The molecule has 1 N–H and O–H groups in total. The number of alkyl halides is 5. The SMILES string of the molecule is O=C(Nc1nnc(C(F)(F)F)s1)C1(c2cccc(Cl)c2)CC1(Cl)Cl. The van der Waals surface area contributed by atoms with E-state index in [1.807, 2.05) is 0 Å². The Morgan fingerprint density at radius 2 is 1.96 bits per heavy atom. The smallest absolute Gasteiger partial charge is 0.300 e. The lowest BCUT2D eigenvalue weighted by molar-refractivity contribution is -0.138. The van der Waals surface area contributed by atoms with E-state index >= 15 is 0 Å². The predicted octanol–water partition coefficient (Wildman–Crippen LogP) is 4.66. The molecule has 128 valence electrons. The summed E-state index contributed by atoms with van der Waals surface area (Å²) < 4.78 is 36.3. The number of hydrogen-bond donors (Lipinski definition) is 1. The van der Waals surface area contributed by atoms with Crippen molar-refractivity contribution in [3.05, 3.63) is 39.9 Å². The molecule has 0 radical (unpaired) electrons. The lowest BCUT2D eigenvalue weighted by Crippen LogP contribution is -2.32. The summed E-state index contributed by atoms with van der Waals surface area (Å²) in [6.07, 6.45) is -4.53. The van der Waals surface area contributed by atoms with E-state index in [-0.39, 0.29) is 22.9 Å². The van der Waals surface area contributed by atoms with Crippen LogP contribution in [0, 0.1) is 0 Å². The number of anilines is 1. The van der Waals surface area contributed by atoms with Gasteiger partial charge in [0.25, 0.3) is 0 Å². The van der Waals surface area contributed by atoms with Crippen molar-refractivity contribution in [1.82, 2.24) is 10.2 Å². The van der Waals surface area contributed by atoms with Crippen molar-refractivity contribution in [2.24, 2.45) is 0 Å². The normalized spacial score (nSPS) is 22.2. The Labute approximate surface area is 152 Å². The van der Waals surface area contributed by atoms with Crippen molar-refractivity contribution in [2.75, 3.05) is 5.32 Å². The molecule has 1 atom stereocenters. The van der Waals surface area contributed by atoms with E-state index in [9.17, 15) is 18.0 Å². The Morgan fingerprint density at radius 3 is 2.46 bits per heavy atom. The van der Waals surface area contributed by atoms with Gasteiger partial charge in [0.15, 0.2) is 0 Å². The van der Waals surface area contributed by atoms with Crippen LogP contribution in [0.2, 0.25) is 5.02 Å². The van der Waals surface area contributed by atoms with E-state index < -0.39 is 26.8 Å². The number of carbonyl (C=O) groups excluding carboxylic acids is 1. The van der Waals surface area contributed by atoms with E-state index in [1.54, 1.807) is 18.2 Å². The lowest BCUT2D eigenvalue weighted by atomic mass is 9.95. The van der Waals surface area contributed by atoms with Gasteiger partial charge in [0.2, 0.25) is 16.0 Å². The van der Waals surface area contributed by atoms with Crippen LogP contribution in [0.5, 0.6) is 0 Å². The Hall–Kier alpha value is -1.09. The zero-order valence-corrected chi connectivity index (χ0v) is 14.6. The highest BCUT2D eigenvalue weighted by atomic mass is 35.5. The van der Waals surface area contributed by atoms with Crippen LogP contribution >= 0.6 is 46.1 Å². The van der Waals surface area contributed by atoms with Crippen molar-refractivity contribution < 1.29 is 18.0 Å². The van der Waals surface area contributed by atoms with Gasteiger partial charge in [-0.2, -0.15) is 13.2 Å². The second-order valence-electron chi connectivity index (χ2n) is 5.16. The van der Waals surface area contributed by atoms with Crippen LogP contribution in [-0.2, 0) is 16.4 Å². The quantitative estimate of drug-likeness (QED) is 0.740. The van der Waals surface area contributed by atoms with E-state index in [0.717, 1.165) is 0 Å².